The molecule has 0 bridgehead atoms. The van der Waals surface area contributed by atoms with Crippen LogP contribution in [0.5, 0.6) is 11.5 Å². The van der Waals surface area contributed by atoms with Crippen LogP contribution in [0.3, 0.4) is 0 Å². The summed E-state index contributed by atoms with van der Waals surface area (Å²) in [6.45, 7) is 7.86. The predicted molar refractivity (Wildman–Crippen MR) is 81.7 cm³/mol. The van der Waals surface area contributed by atoms with Gasteiger partial charge in [0, 0.05) is 12.7 Å². The Bertz CT molecular complexity index is 373. The van der Waals surface area contributed by atoms with Crippen molar-refractivity contribution in [2.24, 2.45) is 0 Å². The summed E-state index contributed by atoms with van der Waals surface area (Å²) in [4.78, 5) is 0. The molecule has 0 heterocycles. The molecule has 1 aromatic carbocycles. The van der Waals surface area contributed by atoms with Crippen molar-refractivity contribution in [3.05, 3.63) is 23.8 Å². The van der Waals surface area contributed by atoms with Gasteiger partial charge < -0.3 is 19.5 Å². The SMILES string of the molecule is CCNC(c1cc(OC)cc(OC)c1)C(CC)OCC. The maximum Gasteiger partial charge on any atom is 0.122 e. The van der Waals surface area contributed by atoms with Gasteiger partial charge in [0.2, 0.25) is 0 Å². The highest BCUT2D eigenvalue weighted by Gasteiger charge is 2.22. The molecule has 20 heavy (non-hydrogen) atoms. The van der Waals surface area contributed by atoms with Crippen molar-refractivity contribution in [1.82, 2.24) is 5.32 Å². The molecule has 1 rings (SSSR count). The first kappa shape index (κ1) is 16.8. The first-order valence-corrected chi connectivity index (χ1v) is 7.27. The fourth-order valence-electron chi connectivity index (χ4n) is 2.36. The summed E-state index contributed by atoms with van der Waals surface area (Å²) in [5.74, 6) is 1.60. The van der Waals surface area contributed by atoms with Gasteiger partial charge in [0.25, 0.3) is 0 Å². The minimum absolute atomic E-state index is 0.133. The van der Waals surface area contributed by atoms with Gasteiger partial charge in [0.05, 0.1) is 26.4 Å². The summed E-state index contributed by atoms with van der Waals surface area (Å²) in [7, 11) is 3.33. The zero-order valence-corrected chi connectivity index (χ0v) is 13.2. The van der Waals surface area contributed by atoms with Crippen LogP contribution in [0.4, 0.5) is 0 Å². The summed E-state index contributed by atoms with van der Waals surface area (Å²) in [5.41, 5.74) is 1.13. The lowest BCUT2D eigenvalue weighted by molar-refractivity contribution is 0.0317. The second kappa shape index (κ2) is 8.82. The molecule has 2 atom stereocenters. The first-order valence-electron chi connectivity index (χ1n) is 7.27. The van der Waals surface area contributed by atoms with E-state index in [0.29, 0.717) is 6.61 Å². The van der Waals surface area contributed by atoms with E-state index in [-0.39, 0.29) is 12.1 Å². The van der Waals surface area contributed by atoms with Gasteiger partial charge in [-0.1, -0.05) is 13.8 Å². The van der Waals surface area contributed by atoms with Gasteiger partial charge >= 0.3 is 0 Å². The number of ether oxygens (including phenoxy) is 3. The predicted octanol–water partition coefficient (Wildman–Crippen LogP) is 3.17. The first-order chi connectivity index (χ1) is 9.69. The highest BCUT2D eigenvalue weighted by Crippen LogP contribution is 2.29. The molecule has 0 spiro atoms. The van der Waals surface area contributed by atoms with E-state index >= 15 is 0 Å². The Hall–Kier alpha value is -1.26. The molecule has 0 fully saturated rings. The lowest BCUT2D eigenvalue weighted by atomic mass is 9.98. The monoisotopic (exact) mass is 281 g/mol. The molecule has 4 nitrogen and oxygen atoms in total. The summed E-state index contributed by atoms with van der Waals surface area (Å²) < 4.78 is 16.6. The quantitative estimate of drug-likeness (QED) is 0.754. The van der Waals surface area contributed by atoms with Crippen molar-refractivity contribution >= 4 is 0 Å². The van der Waals surface area contributed by atoms with Crippen LogP contribution in [-0.4, -0.2) is 33.5 Å². The molecule has 0 saturated carbocycles. The van der Waals surface area contributed by atoms with Crippen molar-refractivity contribution < 1.29 is 14.2 Å². The van der Waals surface area contributed by atoms with Gasteiger partial charge in [-0.05, 0) is 37.6 Å². The molecular formula is C16H27NO3. The summed E-state index contributed by atoms with van der Waals surface area (Å²) >= 11 is 0. The molecule has 0 aromatic heterocycles. The maximum absolute atomic E-state index is 5.86. The number of nitrogens with one attached hydrogen (secondary N) is 1. The number of likely N-dealkylation sites (N-methyl/N-ethyl adjacent to an activating group) is 1. The van der Waals surface area contributed by atoms with Crippen molar-refractivity contribution in [1.29, 1.82) is 0 Å². The topological polar surface area (TPSA) is 39.7 Å². The second-order valence-electron chi connectivity index (χ2n) is 4.58. The van der Waals surface area contributed by atoms with E-state index in [1.165, 1.54) is 0 Å². The van der Waals surface area contributed by atoms with Gasteiger partial charge in [-0.3, -0.25) is 0 Å². The Morgan fingerprint density at radius 1 is 1.00 bits per heavy atom. The van der Waals surface area contributed by atoms with Gasteiger partial charge in [0.15, 0.2) is 0 Å². The smallest absolute Gasteiger partial charge is 0.122 e. The molecule has 0 amide bonds. The lowest BCUT2D eigenvalue weighted by Crippen LogP contribution is -2.33. The van der Waals surface area contributed by atoms with Crippen molar-refractivity contribution in [2.45, 2.75) is 39.3 Å². The van der Waals surface area contributed by atoms with Crippen LogP contribution in [-0.2, 0) is 4.74 Å². The summed E-state index contributed by atoms with van der Waals surface area (Å²) in [5, 5.41) is 3.50. The van der Waals surface area contributed by atoms with Crippen LogP contribution in [0.15, 0.2) is 18.2 Å². The molecular weight excluding hydrogens is 254 g/mol. The van der Waals surface area contributed by atoms with Crippen LogP contribution >= 0.6 is 0 Å². The number of rotatable bonds is 9. The fourth-order valence-corrected chi connectivity index (χ4v) is 2.36. The number of benzene rings is 1. The normalized spacial score (nSPS) is 13.8. The second-order valence-corrected chi connectivity index (χ2v) is 4.58. The van der Waals surface area contributed by atoms with Crippen LogP contribution in [0, 0.1) is 0 Å². The highest BCUT2D eigenvalue weighted by atomic mass is 16.5. The Kier molecular flexibility index (Phi) is 7.41. The number of methoxy groups -OCH3 is 2. The average molecular weight is 281 g/mol. The molecule has 0 saturated heterocycles. The Balaban J connectivity index is 3.11. The molecule has 1 N–H and O–H groups in total. The average Bonchev–Trinajstić information content (AvgIpc) is 2.50. The van der Waals surface area contributed by atoms with Crippen molar-refractivity contribution in [3.63, 3.8) is 0 Å². The van der Waals surface area contributed by atoms with Gasteiger partial charge in [-0.2, -0.15) is 0 Å². The van der Waals surface area contributed by atoms with E-state index in [2.05, 4.69) is 19.2 Å². The molecule has 1 aromatic rings. The van der Waals surface area contributed by atoms with Crippen LogP contribution in [0.25, 0.3) is 0 Å². The minimum Gasteiger partial charge on any atom is -0.497 e. The zero-order valence-electron chi connectivity index (χ0n) is 13.2. The van der Waals surface area contributed by atoms with E-state index in [1.54, 1.807) is 14.2 Å². The van der Waals surface area contributed by atoms with E-state index < -0.39 is 0 Å². The molecule has 0 aliphatic heterocycles. The van der Waals surface area contributed by atoms with E-state index in [9.17, 15) is 0 Å². The molecule has 0 radical (unpaired) electrons. The maximum atomic E-state index is 5.86. The van der Waals surface area contributed by atoms with E-state index in [0.717, 1.165) is 30.0 Å². The van der Waals surface area contributed by atoms with Gasteiger partial charge in [-0.15, -0.1) is 0 Å². The number of hydrogen-bond donors (Lipinski definition) is 1. The fraction of sp³-hybridized carbons (Fsp3) is 0.625. The Morgan fingerprint density at radius 2 is 1.60 bits per heavy atom. The highest BCUT2D eigenvalue weighted by molar-refractivity contribution is 5.40. The molecule has 0 aliphatic rings. The lowest BCUT2D eigenvalue weighted by Gasteiger charge is -2.28. The molecule has 114 valence electrons. The van der Waals surface area contributed by atoms with Gasteiger partial charge in [-0.25, -0.2) is 0 Å². The third-order valence-corrected chi connectivity index (χ3v) is 3.31. The largest absolute Gasteiger partial charge is 0.497 e. The third kappa shape index (κ3) is 4.39. The van der Waals surface area contributed by atoms with Crippen molar-refractivity contribution in [3.8, 4) is 11.5 Å². The van der Waals surface area contributed by atoms with Crippen LogP contribution in [0.2, 0.25) is 0 Å². The van der Waals surface area contributed by atoms with Crippen molar-refractivity contribution in [2.75, 3.05) is 27.4 Å². The third-order valence-electron chi connectivity index (χ3n) is 3.31. The molecule has 0 aliphatic carbocycles. The van der Waals surface area contributed by atoms with Crippen LogP contribution < -0.4 is 14.8 Å². The Labute approximate surface area is 122 Å². The summed E-state index contributed by atoms with van der Waals surface area (Å²) in [6.07, 6.45) is 1.09. The minimum atomic E-state index is 0.133. The van der Waals surface area contributed by atoms with Gasteiger partial charge in [0.1, 0.15) is 11.5 Å². The molecule has 4 heteroatoms. The van der Waals surface area contributed by atoms with E-state index in [1.807, 2.05) is 25.1 Å². The molecule has 2 unspecified atom stereocenters. The Morgan fingerprint density at radius 3 is 2.00 bits per heavy atom. The summed E-state index contributed by atoms with van der Waals surface area (Å²) in [6, 6.07) is 6.09. The zero-order chi connectivity index (χ0) is 15.0. The standard InChI is InChI=1S/C16H27NO3/c1-6-15(20-8-3)16(17-7-2)12-9-13(18-4)11-14(10-12)19-5/h9-11,15-17H,6-8H2,1-5H3. The van der Waals surface area contributed by atoms with E-state index in [4.69, 9.17) is 14.2 Å². The number of hydrogen-bond acceptors (Lipinski definition) is 4. The van der Waals surface area contributed by atoms with Crippen LogP contribution in [0.1, 0.15) is 38.8 Å².